The van der Waals surface area contributed by atoms with E-state index in [2.05, 4.69) is 47.8 Å². The molecule has 162 valence electrons. The van der Waals surface area contributed by atoms with E-state index < -0.39 is 23.8 Å². The number of anilines is 1. The molecule has 0 bridgehead atoms. The maximum absolute atomic E-state index is 13.0. The van der Waals surface area contributed by atoms with Gasteiger partial charge in [0.1, 0.15) is 17.9 Å². The molecule has 1 saturated heterocycles. The van der Waals surface area contributed by atoms with Crippen molar-refractivity contribution >= 4 is 67.4 Å². The van der Waals surface area contributed by atoms with Crippen molar-refractivity contribution in [2.45, 2.75) is 0 Å². The van der Waals surface area contributed by atoms with E-state index in [9.17, 15) is 19.2 Å². The number of hydrogen-bond acceptors (Lipinski definition) is 6. The first-order valence-electron chi connectivity index (χ1n) is 8.92. The lowest BCUT2D eigenvalue weighted by atomic mass is 10.1. The largest absolute Gasteiger partial charge is 0.479 e. The third-order valence-electron chi connectivity index (χ3n) is 4.28. The highest BCUT2D eigenvalue weighted by atomic mass is 79.9. The van der Waals surface area contributed by atoms with Crippen LogP contribution in [-0.4, -0.2) is 37.5 Å². The smallest absolute Gasteiger partial charge is 0.337 e. The van der Waals surface area contributed by atoms with Gasteiger partial charge in [0.15, 0.2) is 0 Å². The number of benzene rings is 2. The number of carbonyl (C=O) groups excluding carboxylic acids is 4. The lowest BCUT2D eigenvalue weighted by Crippen LogP contribution is -2.54. The lowest BCUT2D eigenvalue weighted by molar-refractivity contribution is -0.122. The fourth-order valence-electron chi connectivity index (χ4n) is 2.84. The SMILES string of the molecule is C#CCOc1c(Br)cc(/C=C2\C(=O)NC(=O)N(c3ccc(C(=O)OC)cc3)C2=O)cc1Br. The molecule has 8 nitrogen and oxygen atoms in total. The molecule has 0 aliphatic carbocycles. The molecule has 4 amide bonds. The number of rotatable bonds is 5. The minimum absolute atomic E-state index is 0.0599. The number of barbiturate groups is 1. The molecule has 2 aromatic rings. The molecule has 10 heteroatoms. The van der Waals surface area contributed by atoms with E-state index >= 15 is 0 Å². The van der Waals surface area contributed by atoms with Crippen LogP contribution in [0.25, 0.3) is 6.08 Å². The number of nitrogens with zero attached hydrogens (tertiary/aromatic N) is 1. The topological polar surface area (TPSA) is 102 Å². The number of halogens is 2. The molecule has 0 radical (unpaired) electrons. The highest BCUT2D eigenvalue weighted by molar-refractivity contribution is 9.11. The van der Waals surface area contributed by atoms with Gasteiger partial charge in [-0.1, -0.05) is 5.92 Å². The van der Waals surface area contributed by atoms with E-state index in [0.29, 0.717) is 20.3 Å². The van der Waals surface area contributed by atoms with Gasteiger partial charge in [0.05, 0.1) is 27.3 Å². The second kappa shape index (κ2) is 9.80. The van der Waals surface area contributed by atoms with Gasteiger partial charge >= 0.3 is 12.0 Å². The van der Waals surface area contributed by atoms with E-state index in [-0.39, 0.29) is 23.4 Å². The Labute approximate surface area is 199 Å². The first-order chi connectivity index (χ1) is 15.3. The number of imide groups is 2. The summed E-state index contributed by atoms with van der Waals surface area (Å²) in [5, 5.41) is 2.14. The van der Waals surface area contributed by atoms with Gasteiger partial charge in [-0.05, 0) is 79.9 Å². The number of esters is 1. The average molecular weight is 562 g/mol. The molecular formula is C22H14Br2N2O6. The molecule has 0 unspecified atom stereocenters. The predicted molar refractivity (Wildman–Crippen MR) is 123 cm³/mol. The van der Waals surface area contributed by atoms with Crippen molar-refractivity contribution in [3.63, 3.8) is 0 Å². The number of amides is 4. The van der Waals surface area contributed by atoms with Crippen LogP contribution in [0.5, 0.6) is 5.75 Å². The van der Waals surface area contributed by atoms with E-state index in [1.54, 1.807) is 12.1 Å². The second-order valence-corrected chi connectivity index (χ2v) is 8.01. The van der Waals surface area contributed by atoms with Crippen LogP contribution in [0.4, 0.5) is 10.5 Å². The summed E-state index contributed by atoms with van der Waals surface area (Å²) >= 11 is 6.73. The van der Waals surface area contributed by atoms with Crippen molar-refractivity contribution in [1.29, 1.82) is 0 Å². The Morgan fingerprint density at radius 1 is 1.16 bits per heavy atom. The Morgan fingerprint density at radius 2 is 1.78 bits per heavy atom. The van der Waals surface area contributed by atoms with Crippen molar-refractivity contribution < 1.29 is 28.7 Å². The quantitative estimate of drug-likeness (QED) is 0.259. The Bertz CT molecular complexity index is 1170. The fourth-order valence-corrected chi connectivity index (χ4v) is 4.29. The number of methoxy groups -OCH3 is 1. The van der Waals surface area contributed by atoms with Crippen LogP contribution in [0.15, 0.2) is 50.9 Å². The summed E-state index contributed by atoms with van der Waals surface area (Å²) < 4.78 is 11.2. The minimum atomic E-state index is -0.900. The average Bonchev–Trinajstić information content (AvgIpc) is 2.76. The maximum Gasteiger partial charge on any atom is 0.337 e. The van der Waals surface area contributed by atoms with Crippen molar-refractivity contribution in [3.05, 3.63) is 62.0 Å². The maximum atomic E-state index is 13.0. The van der Waals surface area contributed by atoms with Crippen LogP contribution >= 0.6 is 31.9 Å². The number of nitrogens with one attached hydrogen (secondary N) is 1. The van der Waals surface area contributed by atoms with Gasteiger partial charge in [-0.25, -0.2) is 14.5 Å². The first-order valence-corrected chi connectivity index (χ1v) is 10.5. The highest BCUT2D eigenvalue weighted by Crippen LogP contribution is 2.35. The van der Waals surface area contributed by atoms with Gasteiger partial charge in [0.25, 0.3) is 11.8 Å². The molecule has 0 saturated carbocycles. The molecule has 1 aliphatic rings. The molecule has 0 aromatic heterocycles. The Kier molecular flexibility index (Phi) is 7.12. The molecule has 32 heavy (non-hydrogen) atoms. The van der Waals surface area contributed by atoms with Crippen LogP contribution in [0.3, 0.4) is 0 Å². The van der Waals surface area contributed by atoms with Crippen LogP contribution < -0.4 is 15.0 Å². The molecular weight excluding hydrogens is 548 g/mol. The number of ether oxygens (including phenoxy) is 2. The van der Waals surface area contributed by atoms with E-state index in [1.807, 2.05) is 0 Å². The standard InChI is InChI=1S/C22H14Br2N2O6/c1-3-8-32-18-16(23)10-12(11-17(18)24)9-15-19(27)25-22(30)26(20(15)28)14-6-4-13(5-7-14)21(29)31-2/h1,4-7,9-11H,8H2,2H3,(H,25,27,30)/b15-9+. The molecule has 0 spiro atoms. The third-order valence-corrected chi connectivity index (χ3v) is 5.46. The molecule has 1 N–H and O–H groups in total. The predicted octanol–water partition coefficient (Wildman–Crippen LogP) is 3.68. The summed E-state index contributed by atoms with van der Waals surface area (Å²) in [7, 11) is 1.24. The minimum Gasteiger partial charge on any atom is -0.479 e. The third kappa shape index (κ3) is 4.74. The van der Waals surface area contributed by atoms with Crippen LogP contribution in [0, 0.1) is 12.3 Å². The van der Waals surface area contributed by atoms with Gasteiger partial charge in [0, 0.05) is 0 Å². The molecule has 1 fully saturated rings. The number of terminal acetylenes is 1. The van der Waals surface area contributed by atoms with Gasteiger partial charge in [-0.3, -0.25) is 14.9 Å². The van der Waals surface area contributed by atoms with Crippen molar-refractivity contribution in [2.24, 2.45) is 0 Å². The number of urea groups is 1. The first kappa shape index (κ1) is 23.2. The Hall–Kier alpha value is -3.42. The zero-order valence-corrected chi connectivity index (χ0v) is 19.7. The Balaban J connectivity index is 1.96. The van der Waals surface area contributed by atoms with Crippen LogP contribution in [0.2, 0.25) is 0 Å². The van der Waals surface area contributed by atoms with E-state index in [4.69, 9.17) is 11.2 Å². The van der Waals surface area contributed by atoms with Crippen molar-refractivity contribution in [1.82, 2.24) is 5.32 Å². The highest BCUT2D eigenvalue weighted by Gasteiger charge is 2.37. The number of hydrogen-bond donors (Lipinski definition) is 1. The summed E-state index contributed by atoms with van der Waals surface area (Å²) in [5.41, 5.74) is 0.664. The summed E-state index contributed by atoms with van der Waals surface area (Å²) in [5.74, 6) is 0.619. The fraction of sp³-hybridized carbons (Fsp3) is 0.0909. The molecule has 3 rings (SSSR count). The van der Waals surface area contributed by atoms with Crippen molar-refractivity contribution in [2.75, 3.05) is 18.6 Å². The van der Waals surface area contributed by atoms with Gasteiger partial charge in [0.2, 0.25) is 0 Å². The van der Waals surface area contributed by atoms with Crippen molar-refractivity contribution in [3.8, 4) is 18.1 Å². The summed E-state index contributed by atoms with van der Waals surface area (Å²) in [4.78, 5) is 50.2. The zero-order valence-electron chi connectivity index (χ0n) is 16.5. The lowest BCUT2D eigenvalue weighted by Gasteiger charge is -2.26. The van der Waals surface area contributed by atoms with E-state index in [0.717, 1.165) is 4.90 Å². The summed E-state index contributed by atoms with van der Waals surface area (Å²) in [6.07, 6.45) is 6.56. The van der Waals surface area contributed by atoms with Crippen LogP contribution in [-0.2, 0) is 14.3 Å². The molecule has 2 aromatic carbocycles. The molecule has 1 aliphatic heterocycles. The zero-order chi connectivity index (χ0) is 23.4. The van der Waals surface area contributed by atoms with Gasteiger partial charge in [-0.15, -0.1) is 6.42 Å². The normalized spacial score (nSPS) is 14.8. The summed E-state index contributed by atoms with van der Waals surface area (Å²) in [6.45, 7) is 0.0599. The van der Waals surface area contributed by atoms with E-state index in [1.165, 1.54) is 37.5 Å². The van der Waals surface area contributed by atoms with Gasteiger partial charge < -0.3 is 9.47 Å². The monoisotopic (exact) mass is 560 g/mol. The molecule has 1 heterocycles. The number of carbonyl (C=O) groups is 4. The Morgan fingerprint density at radius 3 is 2.34 bits per heavy atom. The van der Waals surface area contributed by atoms with Crippen LogP contribution in [0.1, 0.15) is 15.9 Å². The second-order valence-electron chi connectivity index (χ2n) is 6.30. The van der Waals surface area contributed by atoms with Gasteiger partial charge in [-0.2, -0.15) is 0 Å². The summed E-state index contributed by atoms with van der Waals surface area (Å²) in [6, 6.07) is 7.99. The molecule has 0 atom stereocenters.